The Morgan fingerprint density at radius 2 is 1.95 bits per heavy atom. The van der Waals surface area contributed by atoms with Gasteiger partial charge >= 0.3 is 0 Å². The molecule has 0 saturated carbocycles. The van der Waals surface area contributed by atoms with Crippen LogP contribution in [0.1, 0.15) is 25.0 Å². The third-order valence-electron chi connectivity index (χ3n) is 3.34. The van der Waals surface area contributed by atoms with Gasteiger partial charge in [-0.2, -0.15) is 0 Å². The predicted octanol–water partition coefficient (Wildman–Crippen LogP) is 3.55. The number of ether oxygens (including phenoxy) is 1. The number of rotatable bonds is 6. The fourth-order valence-electron chi connectivity index (χ4n) is 2.11. The van der Waals surface area contributed by atoms with Gasteiger partial charge in [0, 0.05) is 41.9 Å². The summed E-state index contributed by atoms with van der Waals surface area (Å²) in [5.41, 5.74) is 10.3. The molecule has 0 saturated heterocycles. The smallest absolute Gasteiger partial charge is 0.129 e. The molecule has 0 fully saturated rings. The number of nitrogens with zero attached hydrogens (tertiary/aromatic N) is 1. The van der Waals surface area contributed by atoms with Gasteiger partial charge in [0.25, 0.3) is 0 Å². The van der Waals surface area contributed by atoms with Crippen molar-refractivity contribution in [3.8, 4) is 0 Å². The Morgan fingerprint density at radius 3 is 2.45 bits per heavy atom. The van der Waals surface area contributed by atoms with Gasteiger partial charge in [0.1, 0.15) is 5.76 Å². The van der Waals surface area contributed by atoms with Crippen molar-refractivity contribution in [1.82, 2.24) is 0 Å². The van der Waals surface area contributed by atoms with Crippen molar-refractivity contribution in [1.29, 1.82) is 5.41 Å². The molecule has 0 aromatic heterocycles. The quantitative estimate of drug-likeness (QED) is 0.479. The van der Waals surface area contributed by atoms with Crippen LogP contribution in [0, 0.1) is 5.41 Å². The van der Waals surface area contributed by atoms with Crippen LogP contribution in [0.2, 0.25) is 0 Å². The fraction of sp³-hybridized carbons (Fsp3) is 0.222. The van der Waals surface area contributed by atoms with Gasteiger partial charge in [0.2, 0.25) is 0 Å². The van der Waals surface area contributed by atoms with Crippen molar-refractivity contribution in [2.24, 2.45) is 10.7 Å². The Morgan fingerprint density at radius 1 is 1.32 bits per heavy atom. The minimum absolute atomic E-state index is 0.509. The first kappa shape index (κ1) is 17.4. The van der Waals surface area contributed by atoms with Crippen LogP contribution in [0.4, 0.5) is 0 Å². The monoisotopic (exact) mass is 297 g/mol. The van der Waals surface area contributed by atoms with E-state index in [9.17, 15) is 0 Å². The maximum absolute atomic E-state index is 7.75. The number of allylic oxidation sites excluding steroid dienone is 3. The van der Waals surface area contributed by atoms with E-state index in [1.165, 1.54) is 6.20 Å². The molecule has 0 unspecified atom stereocenters. The van der Waals surface area contributed by atoms with Crippen molar-refractivity contribution in [3.05, 3.63) is 65.1 Å². The van der Waals surface area contributed by atoms with E-state index >= 15 is 0 Å². The van der Waals surface area contributed by atoms with Crippen molar-refractivity contribution in [3.63, 3.8) is 0 Å². The molecule has 0 aliphatic carbocycles. The van der Waals surface area contributed by atoms with Crippen LogP contribution in [0.3, 0.4) is 0 Å². The summed E-state index contributed by atoms with van der Waals surface area (Å²) in [7, 11) is 3.29. The van der Waals surface area contributed by atoms with Gasteiger partial charge in [-0.3, -0.25) is 4.99 Å². The van der Waals surface area contributed by atoms with Gasteiger partial charge < -0.3 is 15.9 Å². The van der Waals surface area contributed by atoms with E-state index in [2.05, 4.69) is 11.6 Å². The molecule has 1 aromatic rings. The predicted molar refractivity (Wildman–Crippen MR) is 94.4 cm³/mol. The summed E-state index contributed by atoms with van der Waals surface area (Å²) in [6.07, 6.45) is 3.17. The lowest BCUT2D eigenvalue weighted by Crippen LogP contribution is -2.02. The molecule has 0 radical (unpaired) electrons. The number of aliphatic imine (C=N–C) groups is 1. The van der Waals surface area contributed by atoms with Gasteiger partial charge in [-0.05, 0) is 31.0 Å². The van der Waals surface area contributed by atoms with Crippen LogP contribution in [0.15, 0.2) is 58.9 Å². The lowest BCUT2D eigenvalue weighted by atomic mass is 9.97. The fourth-order valence-corrected chi connectivity index (χ4v) is 2.11. The van der Waals surface area contributed by atoms with Crippen LogP contribution in [0.5, 0.6) is 0 Å². The van der Waals surface area contributed by atoms with Crippen LogP contribution in [-0.2, 0) is 4.74 Å². The summed E-state index contributed by atoms with van der Waals surface area (Å²) in [4.78, 5) is 3.99. The molecule has 0 aliphatic rings. The molecule has 0 aliphatic heterocycles. The molecule has 3 N–H and O–H groups in total. The minimum Gasteiger partial charge on any atom is -0.496 e. The highest BCUT2D eigenvalue weighted by Gasteiger charge is 2.13. The number of hydrogen-bond acceptors (Lipinski definition) is 4. The highest BCUT2D eigenvalue weighted by Crippen LogP contribution is 2.27. The molecule has 0 amide bonds. The van der Waals surface area contributed by atoms with Crippen molar-refractivity contribution in [2.45, 2.75) is 13.8 Å². The van der Waals surface area contributed by atoms with Crippen LogP contribution in [0.25, 0.3) is 5.57 Å². The summed E-state index contributed by atoms with van der Waals surface area (Å²) in [5.74, 6) is 0.649. The molecular formula is C18H23N3O. The Bertz CT molecular complexity index is 667. The molecule has 4 heteroatoms. The van der Waals surface area contributed by atoms with Crippen LogP contribution in [-0.4, -0.2) is 26.1 Å². The maximum atomic E-state index is 7.75. The summed E-state index contributed by atoms with van der Waals surface area (Å²) >= 11 is 0. The molecule has 1 rings (SSSR count). The van der Waals surface area contributed by atoms with Crippen molar-refractivity contribution < 1.29 is 4.74 Å². The molecule has 22 heavy (non-hydrogen) atoms. The van der Waals surface area contributed by atoms with Crippen molar-refractivity contribution >= 4 is 17.5 Å². The SMILES string of the molecule is C=C(/C(OC)=C(C)/C(C=NC)=C/N)c1cccc(C(C)=N)c1. The van der Waals surface area contributed by atoms with E-state index in [1.54, 1.807) is 27.3 Å². The average Bonchev–Trinajstić information content (AvgIpc) is 2.53. The Kier molecular flexibility index (Phi) is 6.32. The second kappa shape index (κ2) is 7.98. The Labute approximate surface area is 132 Å². The number of nitrogens with one attached hydrogen (secondary N) is 1. The topological polar surface area (TPSA) is 71.5 Å². The van der Waals surface area contributed by atoms with E-state index in [1.807, 2.05) is 31.2 Å². The largest absolute Gasteiger partial charge is 0.496 e. The zero-order valence-corrected chi connectivity index (χ0v) is 13.6. The van der Waals surface area contributed by atoms with Crippen LogP contribution < -0.4 is 5.73 Å². The molecule has 4 nitrogen and oxygen atoms in total. The highest BCUT2D eigenvalue weighted by molar-refractivity contribution is 5.97. The summed E-state index contributed by atoms with van der Waals surface area (Å²) in [6.45, 7) is 7.80. The van der Waals surface area contributed by atoms with Gasteiger partial charge in [-0.25, -0.2) is 0 Å². The lowest BCUT2D eigenvalue weighted by Gasteiger charge is -2.15. The molecule has 0 heterocycles. The van der Waals surface area contributed by atoms with Gasteiger partial charge in [-0.15, -0.1) is 0 Å². The standard InChI is InChI=1S/C18H23N3O/c1-12(15-7-6-8-16(9-15)14(3)20)18(22-5)13(2)17(10-19)11-21-4/h6-11,20H,1,19H2,2-5H3/b17-10+,18-13-,20-14?,21-11?. The lowest BCUT2D eigenvalue weighted by molar-refractivity contribution is 0.307. The molecule has 0 bridgehead atoms. The molecule has 0 atom stereocenters. The number of hydrogen-bond donors (Lipinski definition) is 2. The van der Waals surface area contributed by atoms with E-state index < -0.39 is 0 Å². The highest BCUT2D eigenvalue weighted by atomic mass is 16.5. The van der Waals surface area contributed by atoms with Gasteiger partial charge in [0.15, 0.2) is 0 Å². The average molecular weight is 297 g/mol. The van der Waals surface area contributed by atoms with E-state index in [-0.39, 0.29) is 0 Å². The first-order chi connectivity index (χ1) is 10.5. The van der Waals surface area contributed by atoms with Gasteiger partial charge in [0.05, 0.1) is 7.11 Å². The Hall–Kier alpha value is -2.62. The van der Waals surface area contributed by atoms with E-state index in [4.69, 9.17) is 15.9 Å². The second-order valence-electron chi connectivity index (χ2n) is 4.85. The molecule has 0 spiro atoms. The van der Waals surface area contributed by atoms with Crippen molar-refractivity contribution in [2.75, 3.05) is 14.2 Å². The van der Waals surface area contributed by atoms with E-state index in [0.29, 0.717) is 11.5 Å². The maximum Gasteiger partial charge on any atom is 0.129 e. The molecular weight excluding hydrogens is 274 g/mol. The number of benzene rings is 1. The number of methoxy groups -OCH3 is 1. The normalized spacial score (nSPS) is 13.0. The first-order valence-corrected chi connectivity index (χ1v) is 6.90. The zero-order valence-electron chi connectivity index (χ0n) is 13.6. The van der Waals surface area contributed by atoms with Crippen LogP contribution >= 0.6 is 0 Å². The summed E-state index contributed by atoms with van der Waals surface area (Å²) in [6, 6.07) is 7.68. The minimum atomic E-state index is 0.509. The number of nitrogens with two attached hydrogens (primary N) is 1. The molecule has 116 valence electrons. The third-order valence-corrected chi connectivity index (χ3v) is 3.34. The van der Waals surface area contributed by atoms with Gasteiger partial charge in [-0.1, -0.05) is 24.8 Å². The van der Waals surface area contributed by atoms with E-state index in [0.717, 1.165) is 27.8 Å². The Balaban J connectivity index is 3.33. The third kappa shape index (κ3) is 3.95. The second-order valence-corrected chi connectivity index (χ2v) is 4.85. The summed E-state index contributed by atoms with van der Waals surface area (Å²) in [5, 5.41) is 7.75. The summed E-state index contributed by atoms with van der Waals surface area (Å²) < 4.78 is 5.53. The first-order valence-electron chi connectivity index (χ1n) is 6.90. The zero-order chi connectivity index (χ0) is 16.7. The molecule has 1 aromatic carbocycles.